The topological polar surface area (TPSA) is 25.8 Å². The van der Waals surface area contributed by atoms with E-state index in [4.69, 9.17) is 9.97 Å². The molecule has 2 aliphatic rings. The lowest BCUT2D eigenvalue weighted by Crippen LogP contribution is -2.28. The van der Waals surface area contributed by atoms with Crippen LogP contribution in [0.4, 0.5) is 0 Å². The SMILES string of the molecule is c1ccc(-c2cc(-c3ccccc3)nc(C34CC(c5ccccc53)c3ccccc34)n2)cc1. The summed E-state index contributed by atoms with van der Waals surface area (Å²) in [4.78, 5) is 10.5. The third-order valence-corrected chi connectivity index (χ3v) is 7.35. The van der Waals surface area contributed by atoms with Crippen LogP contribution in [0.1, 0.15) is 40.4 Å². The Morgan fingerprint density at radius 3 is 1.52 bits per heavy atom. The lowest BCUT2D eigenvalue weighted by atomic mass is 9.74. The second-order valence-electron chi connectivity index (χ2n) is 9.03. The summed E-state index contributed by atoms with van der Waals surface area (Å²) >= 11 is 0. The van der Waals surface area contributed by atoms with Gasteiger partial charge in [-0.25, -0.2) is 9.97 Å². The number of benzene rings is 4. The molecule has 0 unspecified atom stereocenters. The van der Waals surface area contributed by atoms with Gasteiger partial charge in [0.25, 0.3) is 0 Å². The highest BCUT2D eigenvalue weighted by Crippen LogP contribution is 2.62. The van der Waals surface area contributed by atoms with E-state index in [1.54, 1.807) is 0 Å². The number of fused-ring (bicyclic) bond motifs is 8. The van der Waals surface area contributed by atoms with Crippen LogP contribution in [0.25, 0.3) is 22.5 Å². The summed E-state index contributed by atoms with van der Waals surface area (Å²) in [6.07, 6.45) is 0.998. The van der Waals surface area contributed by atoms with Crippen LogP contribution in [0.3, 0.4) is 0 Å². The number of aromatic nitrogens is 2. The lowest BCUT2D eigenvalue weighted by molar-refractivity contribution is 0.591. The zero-order valence-electron chi connectivity index (χ0n) is 18.1. The van der Waals surface area contributed by atoms with E-state index in [0.717, 1.165) is 34.8 Å². The first-order chi connectivity index (χ1) is 16.3. The molecular weight excluding hydrogens is 400 g/mol. The lowest BCUT2D eigenvalue weighted by Gasteiger charge is -2.30. The van der Waals surface area contributed by atoms with Gasteiger partial charge in [0.15, 0.2) is 0 Å². The smallest absolute Gasteiger partial charge is 0.144 e. The standard InChI is InChI=1S/C31H22N2/c1-3-11-21(12-4-1)28-19-29(22-13-5-2-6-14-22)33-30(32-28)31-20-25(23-15-7-9-17-26(23)31)24-16-8-10-18-27(24)31/h1-19,25H,20H2. The molecule has 2 aliphatic carbocycles. The van der Waals surface area contributed by atoms with E-state index < -0.39 is 0 Å². The third kappa shape index (κ3) is 2.61. The maximum Gasteiger partial charge on any atom is 0.144 e. The Labute approximate surface area is 193 Å². The van der Waals surface area contributed by atoms with Gasteiger partial charge < -0.3 is 0 Å². The number of nitrogens with zero attached hydrogens (tertiary/aromatic N) is 2. The van der Waals surface area contributed by atoms with Crippen molar-refractivity contribution in [2.75, 3.05) is 0 Å². The molecule has 0 N–H and O–H groups in total. The van der Waals surface area contributed by atoms with Gasteiger partial charge in [-0.1, -0.05) is 109 Å². The molecule has 0 fully saturated rings. The van der Waals surface area contributed by atoms with E-state index >= 15 is 0 Å². The van der Waals surface area contributed by atoms with Gasteiger partial charge in [0.05, 0.1) is 16.8 Å². The zero-order chi connectivity index (χ0) is 21.8. The van der Waals surface area contributed by atoms with Crippen molar-refractivity contribution in [3.8, 4) is 22.5 Å². The van der Waals surface area contributed by atoms with Crippen molar-refractivity contribution >= 4 is 0 Å². The Morgan fingerprint density at radius 1 is 0.545 bits per heavy atom. The molecule has 2 nitrogen and oxygen atoms in total. The fraction of sp³-hybridized carbons (Fsp3) is 0.0968. The summed E-state index contributed by atoms with van der Waals surface area (Å²) in [5, 5.41) is 0. The van der Waals surface area contributed by atoms with E-state index in [1.165, 1.54) is 22.3 Å². The number of rotatable bonds is 3. The molecule has 1 heterocycles. The molecule has 0 spiro atoms. The molecule has 2 bridgehead atoms. The van der Waals surface area contributed by atoms with Crippen molar-refractivity contribution in [1.82, 2.24) is 9.97 Å². The predicted octanol–water partition coefficient (Wildman–Crippen LogP) is 6.99. The van der Waals surface area contributed by atoms with Crippen molar-refractivity contribution < 1.29 is 0 Å². The number of hydrogen-bond acceptors (Lipinski definition) is 2. The maximum absolute atomic E-state index is 5.27. The van der Waals surface area contributed by atoms with Gasteiger partial charge in [0, 0.05) is 17.0 Å². The van der Waals surface area contributed by atoms with Gasteiger partial charge in [-0.05, 0) is 34.7 Å². The van der Waals surface area contributed by atoms with Crippen LogP contribution in [0.2, 0.25) is 0 Å². The average molecular weight is 423 g/mol. The van der Waals surface area contributed by atoms with Gasteiger partial charge in [-0.2, -0.15) is 0 Å². The first kappa shape index (κ1) is 18.5. The zero-order valence-corrected chi connectivity index (χ0v) is 18.1. The second-order valence-corrected chi connectivity index (χ2v) is 9.03. The number of hydrogen-bond donors (Lipinski definition) is 0. The van der Waals surface area contributed by atoms with Gasteiger partial charge in [-0.15, -0.1) is 0 Å². The molecule has 0 radical (unpaired) electrons. The average Bonchev–Trinajstić information content (AvgIpc) is 3.44. The summed E-state index contributed by atoms with van der Waals surface area (Å²) < 4.78 is 0. The summed E-state index contributed by atoms with van der Waals surface area (Å²) in [5.74, 6) is 1.31. The summed E-state index contributed by atoms with van der Waals surface area (Å²) in [6, 6.07) is 40.8. The molecule has 0 saturated carbocycles. The van der Waals surface area contributed by atoms with Crippen molar-refractivity contribution in [3.63, 3.8) is 0 Å². The summed E-state index contributed by atoms with van der Waals surface area (Å²) in [5.41, 5.74) is 9.42. The Morgan fingerprint density at radius 2 is 1.00 bits per heavy atom. The maximum atomic E-state index is 5.27. The molecule has 5 aromatic rings. The van der Waals surface area contributed by atoms with Crippen molar-refractivity contribution in [1.29, 1.82) is 0 Å². The minimum absolute atomic E-state index is 0.313. The van der Waals surface area contributed by atoms with Gasteiger partial charge >= 0.3 is 0 Å². The van der Waals surface area contributed by atoms with Gasteiger partial charge in [-0.3, -0.25) is 0 Å². The van der Waals surface area contributed by atoms with Crippen LogP contribution < -0.4 is 0 Å². The molecule has 0 saturated heterocycles. The van der Waals surface area contributed by atoms with Crippen molar-refractivity contribution in [3.05, 3.63) is 143 Å². The molecule has 0 atom stereocenters. The highest BCUT2D eigenvalue weighted by Gasteiger charge is 2.55. The molecule has 33 heavy (non-hydrogen) atoms. The largest absolute Gasteiger partial charge is 0.232 e. The van der Waals surface area contributed by atoms with E-state index in [0.29, 0.717) is 5.92 Å². The van der Waals surface area contributed by atoms with Crippen molar-refractivity contribution in [2.45, 2.75) is 17.8 Å². The van der Waals surface area contributed by atoms with Crippen molar-refractivity contribution in [2.24, 2.45) is 0 Å². The van der Waals surface area contributed by atoms with Crippen LogP contribution in [-0.4, -0.2) is 9.97 Å². The Kier molecular flexibility index (Phi) is 3.92. The highest BCUT2D eigenvalue weighted by atomic mass is 14.9. The molecule has 2 heteroatoms. The van der Waals surface area contributed by atoms with Crippen LogP contribution in [-0.2, 0) is 5.41 Å². The Balaban J connectivity index is 1.54. The summed E-state index contributed by atoms with van der Waals surface area (Å²) in [6.45, 7) is 0. The van der Waals surface area contributed by atoms with E-state index in [1.807, 2.05) is 12.1 Å². The fourth-order valence-corrected chi connectivity index (χ4v) is 5.92. The van der Waals surface area contributed by atoms with Crippen LogP contribution in [0.5, 0.6) is 0 Å². The molecule has 4 aromatic carbocycles. The Bertz CT molecular complexity index is 1380. The molecule has 7 rings (SSSR count). The van der Waals surface area contributed by atoms with Crippen LogP contribution in [0.15, 0.2) is 115 Å². The van der Waals surface area contributed by atoms with E-state index in [-0.39, 0.29) is 5.41 Å². The minimum Gasteiger partial charge on any atom is -0.232 e. The van der Waals surface area contributed by atoms with Crippen LogP contribution in [0, 0.1) is 0 Å². The summed E-state index contributed by atoms with van der Waals surface area (Å²) in [7, 11) is 0. The third-order valence-electron chi connectivity index (χ3n) is 7.35. The monoisotopic (exact) mass is 422 g/mol. The van der Waals surface area contributed by atoms with Gasteiger partial charge in [0.2, 0.25) is 0 Å². The Hall–Kier alpha value is -4.04. The first-order valence-corrected chi connectivity index (χ1v) is 11.5. The first-order valence-electron chi connectivity index (χ1n) is 11.5. The molecule has 0 amide bonds. The second kappa shape index (κ2) is 6.98. The predicted molar refractivity (Wildman–Crippen MR) is 132 cm³/mol. The normalized spacial score (nSPS) is 19.8. The van der Waals surface area contributed by atoms with E-state index in [2.05, 4.69) is 103 Å². The molecule has 156 valence electrons. The molecule has 1 aromatic heterocycles. The van der Waals surface area contributed by atoms with Gasteiger partial charge in [0.1, 0.15) is 5.82 Å². The highest BCUT2D eigenvalue weighted by molar-refractivity contribution is 5.71. The minimum atomic E-state index is -0.313. The van der Waals surface area contributed by atoms with E-state index in [9.17, 15) is 0 Å². The quantitative estimate of drug-likeness (QED) is 0.313. The van der Waals surface area contributed by atoms with Crippen LogP contribution >= 0.6 is 0 Å². The fourth-order valence-electron chi connectivity index (χ4n) is 5.92. The molecule has 0 aliphatic heterocycles. The molecular formula is C31H22N2.